The van der Waals surface area contributed by atoms with Crippen molar-refractivity contribution in [1.29, 1.82) is 0 Å². The summed E-state index contributed by atoms with van der Waals surface area (Å²) in [4.78, 5) is 23.4. The summed E-state index contributed by atoms with van der Waals surface area (Å²) < 4.78 is 4.74. The second kappa shape index (κ2) is 7.01. The highest BCUT2D eigenvalue weighted by atomic mass is 16.5. The number of amides is 2. The van der Waals surface area contributed by atoms with E-state index in [0.29, 0.717) is 11.4 Å². The van der Waals surface area contributed by atoms with Gasteiger partial charge in [-0.2, -0.15) is 0 Å². The van der Waals surface area contributed by atoms with Crippen molar-refractivity contribution in [3.63, 3.8) is 0 Å². The maximum Gasteiger partial charge on any atom is 0.251 e. The van der Waals surface area contributed by atoms with E-state index in [1.54, 1.807) is 24.3 Å². The lowest BCUT2D eigenvalue weighted by Crippen LogP contribution is -2.36. The number of ether oxygens (including phenoxy) is 1. The number of benzene rings is 1. The highest BCUT2D eigenvalue weighted by molar-refractivity contribution is 6.04. The Hall–Kier alpha value is -2.18. The highest BCUT2D eigenvalue weighted by Crippen LogP contribution is 2.16. The largest absolute Gasteiger partial charge is 0.375 e. The molecule has 1 aliphatic heterocycles. The highest BCUT2D eigenvalue weighted by Gasteiger charge is 2.15. The van der Waals surface area contributed by atoms with Crippen LogP contribution >= 0.6 is 0 Å². The topological polar surface area (TPSA) is 79.5 Å². The van der Waals surface area contributed by atoms with Gasteiger partial charge in [-0.05, 0) is 36.8 Å². The first-order valence-corrected chi connectivity index (χ1v) is 6.69. The minimum atomic E-state index is -0.215. The molecule has 0 saturated carbocycles. The fourth-order valence-corrected chi connectivity index (χ4v) is 1.87. The molecule has 1 fully saturated rings. The van der Waals surface area contributed by atoms with Crippen LogP contribution in [-0.4, -0.2) is 38.6 Å². The lowest BCUT2D eigenvalue weighted by molar-refractivity contribution is -0.119. The zero-order valence-electron chi connectivity index (χ0n) is 12.2. The Bertz CT molecular complexity index is 558. The Morgan fingerprint density at radius 2 is 1.71 bits per heavy atom. The van der Waals surface area contributed by atoms with E-state index in [1.807, 2.05) is 6.92 Å². The molecular weight excluding hydrogens is 270 g/mol. The van der Waals surface area contributed by atoms with Crippen LogP contribution in [0.4, 0.5) is 11.4 Å². The van der Waals surface area contributed by atoms with Crippen molar-refractivity contribution in [2.45, 2.75) is 6.92 Å². The molecule has 0 aliphatic carbocycles. The molecule has 1 aromatic rings. The van der Waals surface area contributed by atoms with Gasteiger partial charge in [0.25, 0.3) is 5.91 Å². The zero-order chi connectivity index (χ0) is 15.2. The first-order valence-electron chi connectivity index (χ1n) is 6.69. The maximum absolute atomic E-state index is 12.0. The third-order valence-electron chi connectivity index (χ3n) is 3.25. The number of nitrogens with one attached hydrogen (secondary N) is 3. The Balaban J connectivity index is 1.93. The number of carbonyl (C=O) groups is 2. The Kier molecular flexibility index (Phi) is 5.08. The number of carbonyl (C=O) groups excluding carboxylic acids is 2. The number of rotatable bonds is 5. The molecule has 2 amide bonds. The van der Waals surface area contributed by atoms with Crippen LogP contribution in [0.15, 0.2) is 35.4 Å². The van der Waals surface area contributed by atoms with Crippen LogP contribution in [0.2, 0.25) is 0 Å². The van der Waals surface area contributed by atoms with E-state index < -0.39 is 0 Å². The molecule has 0 radical (unpaired) electrons. The van der Waals surface area contributed by atoms with Gasteiger partial charge < -0.3 is 20.7 Å². The van der Waals surface area contributed by atoms with Crippen molar-refractivity contribution in [1.82, 2.24) is 5.32 Å². The van der Waals surface area contributed by atoms with Crippen LogP contribution in [-0.2, 0) is 14.3 Å². The fraction of sp³-hybridized carbons (Fsp3) is 0.333. The van der Waals surface area contributed by atoms with Crippen molar-refractivity contribution in [2.24, 2.45) is 0 Å². The van der Waals surface area contributed by atoms with Gasteiger partial charge >= 0.3 is 0 Å². The van der Waals surface area contributed by atoms with Crippen molar-refractivity contribution in [2.75, 3.05) is 37.4 Å². The summed E-state index contributed by atoms with van der Waals surface area (Å²) >= 11 is 0. The summed E-state index contributed by atoms with van der Waals surface area (Å²) in [6, 6.07) is 6.96. The molecule has 1 aliphatic rings. The molecule has 0 bridgehead atoms. The fourth-order valence-electron chi connectivity index (χ4n) is 1.87. The lowest BCUT2D eigenvalue weighted by atomic mass is 10.0. The summed E-state index contributed by atoms with van der Waals surface area (Å²) in [6.45, 7) is 3.40. The second-order valence-electron chi connectivity index (χ2n) is 4.84. The number of methoxy groups -OCH3 is 1. The summed E-state index contributed by atoms with van der Waals surface area (Å²) in [5.74, 6) is -0.310. The van der Waals surface area contributed by atoms with Crippen LogP contribution in [0, 0.1) is 0 Å². The molecule has 6 nitrogen and oxygen atoms in total. The van der Waals surface area contributed by atoms with Crippen LogP contribution in [0.25, 0.3) is 0 Å². The number of hydrogen-bond acceptors (Lipinski definition) is 4. The lowest BCUT2D eigenvalue weighted by Gasteiger charge is -2.21. The molecule has 0 aromatic heterocycles. The molecule has 21 heavy (non-hydrogen) atoms. The molecule has 112 valence electrons. The van der Waals surface area contributed by atoms with E-state index >= 15 is 0 Å². The SMILES string of the molecule is COCC(=O)Nc1ccc(NC(=O)C(C)=C2CNC2)cc1. The van der Waals surface area contributed by atoms with Crippen LogP contribution in [0.3, 0.4) is 0 Å². The molecule has 2 rings (SSSR count). The Morgan fingerprint density at radius 1 is 1.14 bits per heavy atom. The van der Waals surface area contributed by atoms with Crippen LogP contribution < -0.4 is 16.0 Å². The van der Waals surface area contributed by atoms with Gasteiger partial charge in [0.2, 0.25) is 5.91 Å². The smallest absolute Gasteiger partial charge is 0.251 e. The maximum atomic E-state index is 12.0. The van der Waals surface area contributed by atoms with Crippen LogP contribution in [0.5, 0.6) is 0 Å². The summed E-state index contributed by atoms with van der Waals surface area (Å²) in [5, 5.41) is 8.63. The first-order chi connectivity index (χ1) is 10.1. The molecule has 0 unspecified atom stereocenters. The number of hydrogen-bond donors (Lipinski definition) is 3. The van der Waals surface area contributed by atoms with Crippen molar-refractivity contribution in [3.05, 3.63) is 35.4 Å². The predicted octanol–water partition coefficient (Wildman–Crippen LogP) is 1.13. The molecule has 0 spiro atoms. The molecule has 1 saturated heterocycles. The van der Waals surface area contributed by atoms with Gasteiger partial charge in [0.05, 0.1) is 0 Å². The predicted molar refractivity (Wildman–Crippen MR) is 81.1 cm³/mol. The van der Waals surface area contributed by atoms with E-state index in [9.17, 15) is 9.59 Å². The van der Waals surface area contributed by atoms with Gasteiger partial charge in [0.1, 0.15) is 6.61 Å². The average molecular weight is 289 g/mol. The van der Waals surface area contributed by atoms with E-state index in [0.717, 1.165) is 24.2 Å². The summed E-state index contributed by atoms with van der Waals surface area (Å²) in [5.41, 5.74) is 3.24. The van der Waals surface area contributed by atoms with Gasteiger partial charge in [-0.25, -0.2) is 0 Å². The zero-order valence-corrected chi connectivity index (χ0v) is 12.2. The van der Waals surface area contributed by atoms with Crippen molar-refractivity contribution in [3.8, 4) is 0 Å². The quantitative estimate of drug-likeness (QED) is 0.710. The first kappa shape index (κ1) is 15.2. The van der Waals surface area contributed by atoms with Gasteiger partial charge in [-0.15, -0.1) is 0 Å². The molecular formula is C15H19N3O3. The van der Waals surface area contributed by atoms with Crippen molar-refractivity contribution < 1.29 is 14.3 Å². The van der Waals surface area contributed by atoms with E-state index in [4.69, 9.17) is 4.74 Å². The Morgan fingerprint density at radius 3 is 2.19 bits per heavy atom. The molecule has 0 atom stereocenters. The third-order valence-corrected chi connectivity index (χ3v) is 3.25. The minimum Gasteiger partial charge on any atom is -0.375 e. The third kappa shape index (κ3) is 4.14. The minimum absolute atomic E-state index is 0.0132. The monoisotopic (exact) mass is 289 g/mol. The van der Waals surface area contributed by atoms with Gasteiger partial charge in [0, 0.05) is 37.1 Å². The standard InChI is InChI=1S/C15H19N3O3/c1-10(11-7-16-8-11)15(20)18-13-5-3-12(4-6-13)17-14(19)9-21-2/h3-6,16H,7-9H2,1-2H3,(H,17,19)(H,18,20). The van der Waals surface area contributed by atoms with Gasteiger partial charge in [-0.1, -0.05) is 0 Å². The van der Waals surface area contributed by atoms with Crippen LogP contribution in [0.1, 0.15) is 6.92 Å². The summed E-state index contributed by atoms with van der Waals surface area (Å²) in [7, 11) is 1.46. The summed E-state index contributed by atoms with van der Waals surface area (Å²) in [6.07, 6.45) is 0. The Labute approximate surface area is 123 Å². The van der Waals surface area contributed by atoms with E-state index in [-0.39, 0.29) is 18.4 Å². The molecule has 1 aromatic carbocycles. The van der Waals surface area contributed by atoms with E-state index in [1.165, 1.54) is 7.11 Å². The molecule has 1 heterocycles. The van der Waals surface area contributed by atoms with Gasteiger partial charge in [-0.3, -0.25) is 9.59 Å². The molecule has 3 N–H and O–H groups in total. The van der Waals surface area contributed by atoms with E-state index in [2.05, 4.69) is 16.0 Å². The number of anilines is 2. The average Bonchev–Trinajstić information content (AvgIpc) is 2.39. The second-order valence-corrected chi connectivity index (χ2v) is 4.84. The normalized spacial score (nSPS) is 13.3. The molecule has 6 heteroatoms. The van der Waals surface area contributed by atoms with Crippen molar-refractivity contribution >= 4 is 23.2 Å². The van der Waals surface area contributed by atoms with Gasteiger partial charge in [0.15, 0.2) is 0 Å².